The first kappa shape index (κ1) is 14.8. The lowest BCUT2D eigenvalue weighted by molar-refractivity contribution is 0.111. The van der Waals surface area contributed by atoms with E-state index in [0.29, 0.717) is 12.0 Å². The molecule has 4 nitrogen and oxygen atoms in total. The predicted octanol–water partition coefficient (Wildman–Crippen LogP) is 2.26. The summed E-state index contributed by atoms with van der Waals surface area (Å²) >= 11 is 0. The number of anilines is 1. The van der Waals surface area contributed by atoms with Gasteiger partial charge in [-0.05, 0) is 26.8 Å². The molecule has 1 aromatic carbocycles. The number of piperazine rings is 1. The SMILES string of the molecule is CC(C)(C)N1CCN(c2cc(O)c(C=O)c(F)c2)CC1. The van der Waals surface area contributed by atoms with Gasteiger partial charge in [0.2, 0.25) is 0 Å². The van der Waals surface area contributed by atoms with Crippen molar-refractivity contribution < 1.29 is 14.3 Å². The Morgan fingerprint density at radius 1 is 1.20 bits per heavy atom. The summed E-state index contributed by atoms with van der Waals surface area (Å²) < 4.78 is 13.7. The molecule has 1 aliphatic heterocycles. The second-order valence-electron chi connectivity index (χ2n) is 6.12. The van der Waals surface area contributed by atoms with E-state index < -0.39 is 5.82 Å². The van der Waals surface area contributed by atoms with Gasteiger partial charge in [0.05, 0.1) is 5.56 Å². The van der Waals surface area contributed by atoms with Crippen LogP contribution in [0, 0.1) is 5.82 Å². The highest BCUT2D eigenvalue weighted by molar-refractivity contribution is 5.81. The smallest absolute Gasteiger partial charge is 0.156 e. The van der Waals surface area contributed by atoms with E-state index in [-0.39, 0.29) is 16.9 Å². The van der Waals surface area contributed by atoms with Gasteiger partial charge in [0, 0.05) is 43.5 Å². The van der Waals surface area contributed by atoms with Crippen molar-refractivity contribution in [2.24, 2.45) is 0 Å². The van der Waals surface area contributed by atoms with Crippen LogP contribution in [0.4, 0.5) is 10.1 Å². The maximum atomic E-state index is 13.7. The topological polar surface area (TPSA) is 43.8 Å². The van der Waals surface area contributed by atoms with Crippen molar-refractivity contribution >= 4 is 12.0 Å². The van der Waals surface area contributed by atoms with Gasteiger partial charge in [-0.3, -0.25) is 9.69 Å². The Morgan fingerprint density at radius 3 is 2.25 bits per heavy atom. The van der Waals surface area contributed by atoms with Crippen LogP contribution in [-0.4, -0.2) is 48.0 Å². The Kier molecular flexibility index (Phi) is 3.99. The molecule has 0 bridgehead atoms. The second-order valence-corrected chi connectivity index (χ2v) is 6.12. The number of carbonyl (C=O) groups is 1. The number of rotatable bonds is 2. The second kappa shape index (κ2) is 5.40. The minimum atomic E-state index is -0.673. The summed E-state index contributed by atoms with van der Waals surface area (Å²) in [7, 11) is 0. The maximum Gasteiger partial charge on any atom is 0.156 e. The molecule has 1 aliphatic rings. The number of hydrogen-bond donors (Lipinski definition) is 1. The van der Waals surface area contributed by atoms with Gasteiger partial charge in [-0.15, -0.1) is 0 Å². The molecule has 1 heterocycles. The molecule has 0 aliphatic carbocycles. The number of aromatic hydroxyl groups is 1. The van der Waals surface area contributed by atoms with Crippen LogP contribution in [-0.2, 0) is 0 Å². The van der Waals surface area contributed by atoms with Gasteiger partial charge in [0.1, 0.15) is 11.6 Å². The molecule has 0 atom stereocenters. The molecule has 0 spiro atoms. The highest BCUT2D eigenvalue weighted by Gasteiger charge is 2.26. The third-order valence-electron chi connectivity index (χ3n) is 3.80. The quantitative estimate of drug-likeness (QED) is 0.844. The number of nitrogens with zero attached hydrogens (tertiary/aromatic N) is 2. The number of carbonyl (C=O) groups excluding carboxylic acids is 1. The lowest BCUT2D eigenvalue weighted by Crippen LogP contribution is -2.53. The Balaban J connectivity index is 2.13. The van der Waals surface area contributed by atoms with Gasteiger partial charge in [-0.2, -0.15) is 0 Å². The van der Waals surface area contributed by atoms with Gasteiger partial charge in [-0.25, -0.2) is 4.39 Å². The van der Waals surface area contributed by atoms with Gasteiger partial charge in [0.25, 0.3) is 0 Å². The van der Waals surface area contributed by atoms with Gasteiger partial charge in [-0.1, -0.05) is 0 Å². The largest absolute Gasteiger partial charge is 0.507 e. The number of halogens is 1. The van der Waals surface area contributed by atoms with Crippen molar-refractivity contribution in [1.29, 1.82) is 0 Å². The fourth-order valence-electron chi connectivity index (χ4n) is 2.52. The molecular weight excluding hydrogens is 259 g/mol. The molecule has 1 saturated heterocycles. The van der Waals surface area contributed by atoms with E-state index in [4.69, 9.17) is 0 Å². The fourth-order valence-corrected chi connectivity index (χ4v) is 2.52. The Labute approximate surface area is 118 Å². The summed E-state index contributed by atoms with van der Waals surface area (Å²) in [4.78, 5) is 15.1. The van der Waals surface area contributed by atoms with Crippen molar-refractivity contribution in [3.63, 3.8) is 0 Å². The van der Waals surface area contributed by atoms with Crippen molar-refractivity contribution in [2.75, 3.05) is 31.1 Å². The minimum Gasteiger partial charge on any atom is -0.507 e. The Bertz CT molecular complexity index is 480. The molecule has 2 rings (SSSR count). The van der Waals surface area contributed by atoms with E-state index in [1.807, 2.05) is 4.90 Å². The van der Waals surface area contributed by atoms with Gasteiger partial charge in [0.15, 0.2) is 6.29 Å². The summed E-state index contributed by atoms with van der Waals surface area (Å²) in [5.41, 5.74) is 0.474. The van der Waals surface area contributed by atoms with Crippen LogP contribution in [0.1, 0.15) is 31.1 Å². The van der Waals surface area contributed by atoms with Crippen molar-refractivity contribution in [1.82, 2.24) is 4.90 Å². The zero-order chi connectivity index (χ0) is 14.9. The molecule has 0 saturated carbocycles. The molecule has 110 valence electrons. The summed E-state index contributed by atoms with van der Waals surface area (Å²) in [5, 5.41) is 9.68. The van der Waals surface area contributed by atoms with E-state index in [1.54, 1.807) is 0 Å². The normalized spacial score (nSPS) is 17.3. The van der Waals surface area contributed by atoms with Gasteiger partial charge >= 0.3 is 0 Å². The molecule has 0 unspecified atom stereocenters. The number of phenolic OH excluding ortho intramolecular Hbond substituents is 1. The lowest BCUT2D eigenvalue weighted by atomic mass is 10.0. The number of aldehydes is 1. The average molecular weight is 280 g/mol. The molecule has 0 amide bonds. The molecule has 20 heavy (non-hydrogen) atoms. The zero-order valence-electron chi connectivity index (χ0n) is 12.2. The summed E-state index contributed by atoms with van der Waals surface area (Å²) in [6, 6.07) is 2.77. The standard InChI is InChI=1S/C15H21FN2O2/c1-15(2,3)18-6-4-17(5-7-18)11-8-13(16)12(10-19)14(20)9-11/h8-10,20H,4-7H2,1-3H3. The minimum absolute atomic E-state index is 0.126. The number of benzene rings is 1. The Hall–Kier alpha value is -1.62. The van der Waals surface area contributed by atoms with E-state index >= 15 is 0 Å². The van der Waals surface area contributed by atoms with Crippen LogP contribution in [0.2, 0.25) is 0 Å². The first-order chi connectivity index (χ1) is 9.32. The predicted molar refractivity (Wildman–Crippen MR) is 77.0 cm³/mol. The molecule has 5 heteroatoms. The monoisotopic (exact) mass is 280 g/mol. The first-order valence-electron chi connectivity index (χ1n) is 6.80. The van der Waals surface area contributed by atoms with Crippen LogP contribution >= 0.6 is 0 Å². The van der Waals surface area contributed by atoms with Crippen molar-refractivity contribution in [3.8, 4) is 5.75 Å². The van der Waals surface area contributed by atoms with Crippen LogP contribution in [0.25, 0.3) is 0 Å². The highest BCUT2D eigenvalue weighted by Crippen LogP contribution is 2.28. The molecular formula is C15H21FN2O2. The van der Waals surface area contributed by atoms with Crippen molar-refractivity contribution in [2.45, 2.75) is 26.3 Å². The molecule has 1 aromatic rings. The average Bonchev–Trinajstić information content (AvgIpc) is 2.37. The Morgan fingerprint density at radius 2 is 1.80 bits per heavy atom. The highest BCUT2D eigenvalue weighted by atomic mass is 19.1. The molecule has 1 fully saturated rings. The lowest BCUT2D eigenvalue weighted by Gasteiger charge is -2.43. The van der Waals surface area contributed by atoms with Crippen molar-refractivity contribution in [3.05, 3.63) is 23.5 Å². The number of hydrogen-bond acceptors (Lipinski definition) is 4. The fraction of sp³-hybridized carbons (Fsp3) is 0.533. The molecule has 1 N–H and O–H groups in total. The van der Waals surface area contributed by atoms with Crippen LogP contribution in [0.3, 0.4) is 0 Å². The van der Waals surface area contributed by atoms with Crippen LogP contribution in [0.5, 0.6) is 5.75 Å². The molecule has 0 aromatic heterocycles. The third-order valence-corrected chi connectivity index (χ3v) is 3.80. The summed E-state index contributed by atoms with van der Waals surface area (Å²) in [6.07, 6.45) is 0.339. The van der Waals surface area contributed by atoms with E-state index in [0.717, 1.165) is 26.2 Å². The molecule has 0 radical (unpaired) electrons. The first-order valence-corrected chi connectivity index (χ1v) is 6.80. The van der Waals surface area contributed by atoms with E-state index in [2.05, 4.69) is 25.7 Å². The number of phenols is 1. The zero-order valence-corrected chi connectivity index (χ0v) is 12.2. The van der Waals surface area contributed by atoms with Gasteiger partial charge < -0.3 is 10.0 Å². The summed E-state index contributed by atoms with van der Waals surface area (Å²) in [6.45, 7) is 9.85. The van der Waals surface area contributed by atoms with E-state index in [9.17, 15) is 14.3 Å². The maximum absolute atomic E-state index is 13.7. The van der Waals surface area contributed by atoms with Crippen LogP contribution < -0.4 is 4.90 Å². The summed E-state index contributed by atoms with van der Waals surface area (Å²) in [5.74, 6) is -0.971. The van der Waals surface area contributed by atoms with E-state index in [1.165, 1.54) is 12.1 Å². The van der Waals surface area contributed by atoms with Crippen LogP contribution in [0.15, 0.2) is 12.1 Å². The third kappa shape index (κ3) is 2.93.